The summed E-state index contributed by atoms with van der Waals surface area (Å²) in [7, 11) is 0. The van der Waals surface area contributed by atoms with Crippen LogP contribution in [0.15, 0.2) is 82.4 Å². The van der Waals surface area contributed by atoms with E-state index in [0.717, 1.165) is 4.47 Å². The average Bonchev–Trinajstić information content (AvgIpc) is 2.77. The molecule has 3 aromatic rings. The Morgan fingerprint density at radius 2 is 1.52 bits per heavy atom. The minimum atomic E-state index is -1.00. The lowest BCUT2D eigenvalue weighted by Crippen LogP contribution is -2.33. The SMILES string of the molecule is O=C(NN=Cc1ccc(O)cc1)C(=O)Nc1ccccc1C(=O)Nc1ccc(Br)cc1. The van der Waals surface area contributed by atoms with Crippen LogP contribution < -0.4 is 16.1 Å². The second-order valence-corrected chi connectivity index (χ2v) is 7.17. The molecule has 3 aromatic carbocycles. The molecule has 0 saturated heterocycles. The Morgan fingerprint density at radius 1 is 0.839 bits per heavy atom. The molecule has 0 atom stereocenters. The molecule has 0 spiro atoms. The topological polar surface area (TPSA) is 120 Å². The molecule has 0 heterocycles. The van der Waals surface area contributed by atoms with Crippen molar-refractivity contribution >= 4 is 51.2 Å². The molecule has 0 unspecified atom stereocenters. The number of anilines is 2. The number of hydrazone groups is 1. The third-order valence-corrected chi connectivity index (χ3v) is 4.53. The molecule has 0 fully saturated rings. The molecule has 4 N–H and O–H groups in total. The van der Waals surface area contributed by atoms with Crippen LogP contribution in [0.1, 0.15) is 15.9 Å². The summed E-state index contributed by atoms with van der Waals surface area (Å²) in [5.74, 6) is -2.32. The van der Waals surface area contributed by atoms with Crippen LogP contribution in [0.25, 0.3) is 0 Å². The van der Waals surface area contributed by atoms with Crippen molar-refractivity contribution in [3.8, 4) is 5.75 Å². The summed E-state index contributed by atoms with van der Waals surface area (Å²) in [4.78, 5) is 36.8. The van der Waals surface area contributed by atoms with Gasteiger partial charge in [-0.3, -0.25) is 14.4 Å². The predicted octanol–water partition coefficient (Wildman–Crippen LogP) is 3.50. The highest BCUT2D eigenvalue weighted by molar-refractivity contribution is 9.10. The third-order valence-electron chi connectivity index (χ3n) is 4.00. The van der Waals surface area contributed by atoms with Gasteiger partial charge in [-0.05, 0) is 66.2 Å². The number of amides is 3. The summed E-state index contributed by atoms with van der Waals surface area (Å²) in [5, 5.41) is 18.1. The van der Waals surface area contributed by atoms with Gasteiger partial charge in [-0.2, -0.15) is 5.10 Å². The number of phenolic OH excluding ortho intramolecular Hbond substituents is 1. The maximum atomic E-state index is 12.6. The van der Waals surface area contributed by atoms with Crippen molar-refractivity contribution in [1.29, 1.82) is 0 Å². The number of carbonyl (C=O) groups excluding carboxylic acids is 3. The van der Waals surface area contributed by atoms with Crippen LogP contribution in [0.2, 0.25) is 0 Å². The van der Waals surface area contributed by atoms with E-state index in [1.165, 1.54) is 30.5 Å². The van der Waals surface area contributed by atoms with Gasteiger partial charge < -0.3 is 15.7 Å². The van der Waals surface area contributed by atoms with Gasteiger partial charge in [-0.15, -0.1) is 0 Å². The number of nitrogens with one attached hydrogen (secondary N) is 3. The van der Waals surface area contributed by atoms with Gasteiger partial charge in [-0.1, -0.05) is 28.1 Å². The summed E-state index contributed by atoms with van der Waals surface area (Å²) in [6.45, 7) is 0. The van der Waals surface area contributed by atoms with Gasteiger partial charge in [0, 0.05) is 10.2 Å². The zero-order valence-electron chi connectivity index (χ0n) is 16.0. The largest absolute Gasteiger partial charge is 0.508 e. The molecule has 0 bridgehead atoms. The molecule has 0 aliphatic rings. The summed E-state index contributed by atoms with van der Waals surface area (Å²) in [5.41, 5.74) is 3.68. The van der Waals surface area contributed by atoms with Gasteiger partial charge >= 0.3 is 11.8 Å². The van der Waals surface area contributed by atoms with Gasteiger partial charge in [0.1, 0.15) is 5.75 Å². The Morgan fingerprint density at radius 3 is 2.23 bits per heavy atom. The number of benzene rings is 3. The number of hydrogen-bond acceptors (Lipinski definition) is 5. The molecule has 0 aromatic heterocycles. The zero-order valence-corrected chi connectivity index (χ0v) is 17.6. The molecule has 0 aliphatic carbocycles. The molecule has 156 valence electrons. The van der Waals surface area contributed by atoms with Crippen molar-refractivity contribution in [3.05, 3.63) is 88.4 Å². The minimum absolute atomic E-state index is 0.100. The first-order valence-corrected chi connectivity index (χ1v) is 9.81. The first-order chi connectivity index (χ1) is 14.9. The quantitative estimate of drug-likeness (QED) is 0.253. The van der Waals surface area contributed by atoms with Gasteiger partial charge in [0.15, 0.2) is 0 Å². The van der Waals surface area contributed by atoms with Crippen molar-refractivity contribution in [1.82, 2.24) is 5.43 Å². The van der Waals surface area contributed by atoms with E-state index in [9.17, 15) is 19.5 Å². The Hall–Kier alpha value is -3.98. The Bertz CT molecular complexity index is 1130. The summed E-state index contributed by atoms with van der Waals surface area (Å²) in [6.07, 6.45) is 1.32. The van der Waals surface area contributed by atoms with Crippen LogP contribution in [0, 0.1) is 0 Å². The molecule has 0 radical (unpaired) electrons. The van der Waals surface area contributed by atoms with Gasteiger partial charge in [0.05, 0.1) is 17.5 Å². The van der Waals surface area contributed by atoms with E-state index in [-0.39, 0.29) is 17.0 Å². The number of nitrogens with zero attached hydrogens (tertiary/aromatic N) is 1. The number of carbonyl (C=O) groups is 3. The van der Waals surface area contributed by atoms with E-state index in [1.807, 2.05) is 0 Å². The fourth-order valence-electron chi connectivity index (χ4n) is 2.48. The van der Waals surface area contributed by atoms with Crippen molar-refractivity contribution in [2.24, 2.45) is 5.10 Å². The normalized spacial score (nSPS) is 10.5. The number of aromatic hydroxyl groups is 1. The molecular formula is C22H17BrN4O4. The number of phenols is 1. The predicted molar refractivity (Wildman–Crippen MR) is 121 cm³/mol. The molecule has 0 saturated carbocycles. The van der Waals surface area contributed by atoms with E-state index < -0.39 is 17.7 Å². The lowest BCUT2D eigenvalue weighted by molar-refractivity contribution is -0.136. The minimum Gasteiger partial charge on any atom is -0.508 e. The molecule has 0 aliphatic heterocycles. The van der Waals surface area contributed by atoms with E-state index in [1.54, 1.807) is 48.5 Å². The monoisotopic (exact) mass is 480 g/mol. The second kappa shape index (κ2) is 10.2. The third kappa shape index (κ3) is 6.25. The first-order valence-electron chi connectivity index (χ1n) is 9.02. The van der Waals surface area contributed by atoms with Crippen molar-refractivity contribution in [2.75, 3.05) is 10.6 Å². The molecule has 3 amide bonds. The van der Waals surface area contributed by atoms with Crippen molar-refractivity contribution < 1.29 is 19.5 Å². The lowest BCUT2D eigenvalue weighted by atomic mass is 10.1. The van der Waals surface area contributed by atoms with Crippen LogP contribution in [-0.4, -0.2) is 29.0 Å². The van der Waals surface area contributed by atoms with Crippen molar-refractivity contribution in [3.63, 3.8) is 0 Å². The van der Waals surface area contributed by atoms with E-state index >= 15 is 0 Å². The number of para-hydroxylation sites is 1. The standard InChI is InChI=1S/C22H17BrN4O4/c23-15-7-9-16(10-8-15)25-20(29)18-3-1-2-4-19(18)26-21(30)22(31)27-24-13-14-5-11-17(28)12-6-14/h1-13,28H,(H,25,29)(H,26,30)(H,27,31). The maximum Gasteiger partial charge on any atom is 0.329 e. The van der Waals surface area contributed by atoms with E-state index in [2.05, 4.69) is 37.1 Å². The van der Waals surface area contributed by atoms with Crippen molar-refractivity contribution in [2.45, 2.75) is 0 Å². The fourth-order valence-corrected chi connectivity index (χ4v) is 2.74. The summed E-state index contributed by atoms with van der Waals surface area (Å²) >= 11 is 3.32. The van der Waals surface area contributed by atoms with Gasteiger partial charge in [-0.25, -0.2) is 5.43 Å². The Kier molecular flexibility index (Phi) is 7.13. The first kappa shape index (κ1) is 21.7. The lowest BCUT2D eigenvalue weighted by Gasteiger charge is -2.11. The number of halogens is 1. The van der Waals surface area contributed by atoms with Gasteiger partial charge in [0.25, 0.3) is 5.91 Å². The smallest absolute Gasteiger partial charge is 0.329 e. The van der Waals surface area contributed by atoms with Crippen LogP contribution in [0.3, 0.4) is 0 Å². The molecule has 3 rings (SSSR count). The van der Waals surface area contributed by atoms with Gasteiger partial charge in [0.2, 0.25) is 0 Å². The van der Waals surface area contributed by atoms with E-state index in [4.69, 9.17) is 0 Å². The summed E-state index contributed by atoms with van der Waals surface area (Å²) in [6, 6.07) is 19.5. The highest BCUT2D eigenvalue weighted by Gasteiger charge is 2.17. The zero-order chi connectivity index (χ0) is 22.2. The van der Waals surface area contributed by atoms with Crippen LogP contribution >= 0.6 is 15.9 Å². The fraction of sp³-hybridized carbons (Fsp3) is 0. The number of hydrogen-bond donors (Lipinski definition) is 4. The molecule has 31 heavy (non-hydrogen) atoms. The average molecular weight is 481 g/mol. The van der Waals surface area contributed by atoms with Crippen LogP contribution in [0.4, 0.5) is 11.4 Å². The van der Waals surface area contributed by atoms with E-state index in [0.29, 0.717) is 11.3 Å². The molecular weight excluding hydrogens is 464 g/mol. The highest BCUT2D eigenvalue weighted by atomic mass is 79.9. The van der Waals surface area contributed by atoms with Crippen LogP contribution in [-0.2, 0) is 9.59 Å². The molecule has 9 heteroatoms. The van der Waals surface area contributed by atoms with Crippen LogP contribution in [0.5, 0.6) is 5.75 Å². The molecule has 8 nitrogen and oxygen atoms in total. The summed E-state index contributed by atoms with van der Waals surface area (Å²) < 4.78 is 0.872. The number of rotatable bonds is 5. The highest BCUT2D eigenvalue weighted by Crippen LogP contribution is 2.19. The Labute approximate surface area is 186 Å². The Balaban J connectivity index is 1.63. The second-order valence-electron chi connectivity index (χ2n) is 6.25. The maximum absolute atomic E-state index is 12.6.